The van der Waals surface area contributed by atoms with Crippen molar-refractivity contribution in [3.8, 4) is 11.1 Å². The second-order valence-electron chi connectivity index (χ2n) is 23.3. The first kappa shape index (κ1) is 41.9. The maximum Gasteiger partial charge on any atom is 0.160 e. The molecule has 0 saturated carbocycles. The van der Waals surface area contributed by atoms with Gasteiger partial charge < -0.3 is 0 Å². The normalized spacial score (nSPS) is 14.5. The first-order valence-corrected chi connectivity index (χ1v) is 23.3. The Labute approximate surface area is 343 Å². The number of rotatable bonds is 4. The molecule has 0 atom stereocenters. The van der Waals surface area contributed by atoms with Gasteiger partial charge >= 0.3 is 0 Å². The van der Waals surface area contributed by atoms with Crippen LogP contribution >= 0.6 is 0 Å². The summed E-state index contributed by atoms with van der Waals surface area (Å²) in [5, 5.41) is 4.55. The molecule has 0 bridgehead atoms. The molecule has 1 aliphatic rings. The fraction of sp³-hybridized carbons (Fsp3) is 0.455. The van der Waals surface area contributed by atoms with E-state index in [1.54, 1.807) is 0 Å². The molecule has 56 heavy (non-hydrogen) atoms. The van der Waals surface area contributed by atoms with Crippen molar-refractivity contribution >= 4 is 23.6 Å². The molecule has 0 heterocycles. The van der Waals surface area contributed by atoms with Gasteiger partial charge in [0.2, 0.25) is 0 Å². The maximum absolute atomic E-state index is 3.15. The molecule has 0 spiro atoms. The van der Waals surface area contributed by atoms with Crippen LogP contribution in [0.2, 0.25) is 0 Å². The Kier molecular flexibility index (Phi) is 10.3. The quantitative estimate of drug-likeness (QED) is 0.126. The average molecular weight is 761 g/mol. The van der Waals surface area contributed by atoms with Crippen LogP contribution in [0.1, 0.15) is 175 Å². The van der Waals surface area contributed by atoms with Crippen LogP contribution < -0.4 is 15.6 Å². The molecule has 0 aliphatic heterocycles. The molecule has 0 N–H and O–H groups in total. The van der Waals surface area contributed by atoms with Gasteiger partial charge in [0.1, 0.15) is 0 Å². The summed E-state index contributed by atoms with van der Waals surface area (Å²) < 4.78 is 0. The zero-order valence-corrected chi connectivity index (χ0v) is 39.4. The highest BCUT2D eigenvalue weighted by atomic mass is 28.3. The zero-order valence-electron chi connectivity index (χ0n) is 38.4. The second-order valence-corrected chi connectivity index (χ2v) is 27.2. The standard InChI is InChI=1S/C55H72Si/c1-50(2,3)36-27-37(51(4,5)6)31-42(30-36)56(43-32-38(52(7,8)9)28-39(33-43)53(10,11)12,44-34-40(54(13,14)15)29-41(35-44)55(16,17)18)49-47-25-21-19-23-45(47)46-24-20-22-26-48(46)49/h19-35,49H,1-18H3. The number of hydrogen-bond donors (Lipinski definition) is 0. The van der Waals surface area contributed by atoms with Crippen molar-refractivity contribution in [2.45, 2.75) is 163 Å². The SMILES string of the molecule is CC(C)(C)c1cc(C(C)(C)C)cc([Si](c2cc(C(C)(C)C)cc(C(C)(C)C)c2)(c2cc(C(C)(C)C)cc(C(C)(C)C)c2)C2c3ccccc3-c3ccccc32)c1. The molecule has 0 radical (unpaired) electrons. The molecule has 0 amide bonds. The third kappa shape index (κ3) is 7.67. The van der Waals surface area contributed by atoms with E-state index in [0.29, 0.717) is 0 Å². The Balaban J connectivity index is 2.01. The van der Waals surface area contributed by atoms with Crippen LogP contribution in [0.25, 0.3) is 11.1 Å². The summed E-state index contributed by atoms with van der Waals surface area (Å²) in [4.78, 5) is 0. The predicted octanol–water partition coefficient (Wildman–Crippen LogP) is 13.3. The van der Waals surface area contributed by atoms with Gasteiger partial charge in [-0.15, -0.1) is 0 Å². The van der Waals surface area contributed by atoms with Crippen molar-refractivity contribution < 1.29 is 0 Å². The van der Waals surface area contributed by atoms with Crippen molar-refractivity contribution in [2.75, 3.05) is 0 Å². The zero-order chi connectivity index (χ0) is 41.6. The van der Waals surface area contributed by atoms with Crippen LogP contribution in [0, 0.1) is 0 Å². The Hall–Kier alpha value is -3.68. The van der Waals surface area contributed by atoms with Crippen LogP contribution in [0.4, 0.5) is 0 Å². The molecule has 5 aromatic rings. The van der Waals surface area contributed by atoms with Crippen molar-refractivity contribution in [3.05, 3.63) is 148 Å². The predicted molar refractivity (Wildman–Crippen MR) is 250 cm³/mol. The van der Waals surface area contributed by atoms with E-state index in [-0.39, 0.29) is 38.0 Å². The minimum atomic E-state index is -3.15. The lowest BCUT2D eigenvalue weighted by atomic mass is 9.80. The lowest BCUT2D eigenvalue weighted by Gasteiger charge is -2.44. The molecule has 1 heteroatoms. The highest BCUT2D eigenvalue weighted by molar-refractivity contribution is 7.13. The highest BCUT2D eigenvalue weighted by Gasteiger charge is 2.53. The topological polar surface area (TPSA) is 0 Å². The molecule has 0 saturated heterocycles. The molecule has 296 valence electrons. The van der Waals surface area contributed by atoms with Gasteiger partial charge in [0, 0.05) is 5.54 Å². The van der Waals surface area contributed by atoms with E-state index in [1.807, 2.05) is 0 Å². The van der Waals surface area contributed by atoms with E-state index in [1.165, 1.54) is 71.2 Å². The number of hydrogen-bond acceptors (Lipinski definition) is 0. The molecule has 0 aromatic heterocycles. The van der Waals surface area contributed by atoms with Gasteiger partial charge in [0.05, 0.1) is 0 Å². The fourth-order valence-corrected chi connectivity index (χ4v) is 14.5. The second kappa shape index (κ2) is 13.7. The van der Waals surface area contributed by atoms with E-state index in [0.717, 1.165) is 0 Å². The smallest absolute Gasteiger partial charge is 0.0619 e. The van der Waals surface area contributed by atoms with Crippen molar-refractivity contribution in [3.63, 3.8) is 0 Å². The average Bonchev–Trinajstić information content (AvgIpc) is 3.41. The van der Waals surface area contributed by atoms with E-state index < -0.39 is 8.07 Å². The third-order valence-corrected chi connectivity index (χ3v) is 17.7. The minimum absolute atomic E-state index is 0.0324. The van der Waals surface area contributed by atoms with Gasteiger partial charge in [-0.2, -0.15) is 0 Å². The van der Waals surface area contributed by atoms with Crippen LogP contribution in [-0.4, -0.2) is 8.07 Å². The molecular formula is C55H72Si. The summed E-state index contributed by atoms with van der Waals surface area (Å²) in [6, 6.07) is 42.4. The lowest BCUT2D eigenvalue weighted by Crippen LogP contribution is -2.71. The molecular weight excluding hydrogens is 689 g/mol. The highest BCUT2D eigenvalue weighted by Crippen LogP contribution is 2.50. The van der Waals surface area contributed by atoms with Crippen molar-refractivity contribution in [2.24, 2.45) is 0 Å². The lowest BCUT2D eigenvalue weighted by molar-refractivity contribution is 0.569. The summed E-state index contributed by atoms with van der Waals surface area (Å²) >= 11 is 0. The molecule has 6 rings (SSSR count). The Morgan fingerprint density at radius 2 is 0.518 bits per heavy atom. The molecule has 5 aromatic carbocycles. The fourth-order valence-electron chi connectivity index (χ4n) is 8.79. The third-order valence-electron chi connectivity index (χ3n) is 12.6. The summed E-state index contributed by atoms with van der Waals surface area (Å²) in [6.45, 7) is 43.2. The van der Waals surface area contributed by atoms with E-state index in [9.17, 15) is 0 Å². The first-order valence-electron chi connectivity index (χ1n) is 21.2. The van der Waals surface area contributed by atoms with Crippen LogP contribution in [0.5, 0.6) is 0 Å². The van der Waals surface area contributed by atoms with E-state index >= 15 is 0 Å². The van der Waals surface area contributed by atoms with Gasteiger partial charge in [-0.05, 0) is 104 Å². The van der Waals surface area contributed by atoms with Gasteiger partial charge in [-0.25, -0.2) is 0 Å². The number of fused-ring (bicyclic) bond motifs is 3. The van der Waals surface area contributed by atoms with Crippen molar-refractivity contribution in [1.29, 1.82) is 0 Å². The van der Waals surface area contributed by atoms with Crippen molar-refractivity contribution in [1.82, 2.24) is 0 Å². The Morgan fingerprint density at radius 1 is 0.304 bits per heavy atom. The van der Waals surface area contributed by atoms with Gasteiger partial charge in [0.25, 0.3) is 0 Å². The van der Waals surface area contributed by atoms with Gasteiger partial charge in [-0.3, -0.25) is 0 Å². The molecule has 0 nitrogen and oxygen atoms in total. The monoisotopic (exact) mass is 761 g/mol. The minimum Gasteiger partial charge on any atom is -0.0619 e. The van der Waals surface area contributed by atoms with Crippen LogP contribution in [0.3, 0.4) is 0 Å². The Bertz CT molecular complexity index is 1930. The number of benzene rings is 5. The largest absolute Gasteiger partial charge is 0.160 e. The molecule has 0 unspecified atom stereocenters. The van der Waals surface area contributed by atoms with Crippen LogP contribution in [-0.2, 0) is 32.5 Å². The van der Waals surface area contributed by atoms with E-state index in [4.69, 9.17) is 0 Å². The molecule has 1 aliphatic carbocycles. The van der Waals surface area contributed by atoms with Gasteiger partial charge in [-0.1, -0.05) is 228 Å². The van der Waals surface area contributed by atoms with E-state index in [2.05, 4.69) is 228 Å². The summed E-state index contributed by atoms with van der Waals surface area (Å²) in [7, 11) is -3.15. The van der Waals surface area contributed by atoms with Gasteiger partial charge in [0.15, 0.2) is 8.07 Å². The summed E-state index contributed by atoms with van der Waals surface area (Å²) in [5.74, 6) is 0. The van der Waals surface area contributed by atoms with Crippen LogP contribution in [0.15, 0.2) is 103 Å². The maximum atomic E-state index is 2.67. The first-order chi connectivity index (χ1) is 25.5. The molecule has 0 fully saturated rings. The summed E-state index contributed by atoms with van der Waals surface area (Å²) in [6.07, 6.45) is 0. The summed E-state index contributed by atoms with van der Waals surface area (Å²) in [5.41, 5.74) is 14.2. The Morgan fingerprint density at radius 3 is 0.732 bits per heavy atom.